The second kappa shape index (κ2) is 15.6. The van der Waals surface area contributed by atoms with Crippen LogP contribution in [0.15, 0.2) is 11.1 Å². The number of nitrogens with one attached hydrogen (secondary N) is 1. The van der Waals surface area contributed by atoms with Gasteiger partial charge in [-0.1, -0.05) is 98.6 Å². The van der Waals surface area contributed by atoms with Gasteiger partial charge in [0, 0.05) is 19.6 Å². The van der Waals surface area contributed by atoms with E-state index < -0.39 is 9.04 Å². The fraction of sp³-hybridized carbons (Fsp3) is 0.919. The van der Waals surface area contributed by atoms with Crippen LogP contribution in [0, 0.1) is 28.6 Å². The van der Waals surface area contributed by atoms with Crippen LogP contribution in [-0.4, -0.2) is 39.3 Å². The number of carbonyl (C=O) groups is 1. The summed E-state index contributed by atoms with van der Waals surface area (Å²) in [6, 6.07) is 0. The van der Waals surface area contributed by atoms with Crippen LogP contribution in [0.1, 0.15) is 159 Å². The van der Waals surface area contributed by atoms with Gasteiger partial charge in [-0.3, -0.25) is 4.79 Å². The standard InChI is InChI=1S/C37H68NO3Si/c1-27(2)42(35(4,5)6)41-33-23-24-37(9)31-20-17-28(3)29(30(31)18-21-32(37)36(33,7)8)19-22-34(40)38-25-15-13-11-10-12-14-16-26-39/h27,30-33,39H,10-26H2,1-9H3,(H,38,40)/t30?,31-,32?,33?,37+/m0/s1. The Morgan fingerprint density at radius 1 is 1.00 bits per heavy atom. The molecular formula is C37H68NO3Si. The van der Waals surface area contributed by atoms with Crippen molar-refractivity contribution in [1.82, 2.24) is 5.32 Å². The molecule has 0 bridgehead atoms. The van der Waals surface area contributed by atoms with E-state index >= 15 is 0 Å². The summed E-state index contributed by atoms with van der Waals surface area (Å²) in [5, 5.41) is 12.4. The van der Waals surface area contributed by atoms with E-state index in [-0.39, 0.29) is 16.4 Å². The van der Waals surface area contributed by atoms with Crippen molar-refractivity contribution < 1.29 is 14.3 Å². The molecule has 5 heteroatoms. The number of aliphatic hydroxyl groups excluding tert-OH is 1. The van der Waals surface area contributed by atoms with Crippen LogP contribution in [0.5, 0.6) is 0 Å². The van der Waals surface area contributed by atoms with Gasteiger partial charge >= 0.3 is 0 Å². The maximum atomic E-state index is 12.8. The maximum Gasteiger partial charge on any atom is 0.220 e. The predicted octanol–water partition coefficient (Wildman–Crippen LogP) is 9.77. The number of hydrogen-bond acceptors (Lipinski definition) is 3. The number of unbranched alkanes of at least 4 members (excludes halogenated alkanes) is 6. The normalized spacial score (nSPS) is 29.5. The van der Waals surface area contributed by atoms with Gasteiger partial charge in [0.25, 0.3) is 0 Å². The lowest BCUT2D eigenvalue weighted by Gasteiger charge is -2.63. The highest BCUT2D eigenvalue weighted by Crippen LogP contribution is 2.65. The molecule has 3 rings (SSSR count). The Balaban J connectivity index is 1.55. The Bertz CT molecular complexity index is 890. The number of aliphatic hydroxyl groups is 1. The molecule has 4 nitrogen and oxygen atoms in total. The molecule has 0 saturated heterocycles. The van der Waals surface area contributed by atoms with E-state index in [9.17, 15) is 4.79 Å². The molecule has 5 atom stereocenters. The molecule has 0 aromatic carbocycles. The number of carbonyl (C=O) groups excluding carboxylic acids is 1. The molecule has 0 aliphatic heterocycles. The van der Waals surface area contributed by atoms with Gasteiger partial charge in [-0.15, -0.1) is 0 Å². The molecular weight excluding hydrogens is 534 g/mol. The van der Waals surface area contributed by atoms with Gasteiger partial charge in [-0.05, 0) is 104 Å². The van der Waals surface area contributed by atoms with Crippen LogP contribution < -0.4 is 5.32 Å². The van der Waals surface area contributed by atoms with Crippen LogP contribution in [0.2, 0.25) is 10.6 Å². The number of hydrogen-bond donors (Lipinski definition) is 2. The second-order valence-electron chi connectivity index (χ2n) is 16.5. The van der Waals surface area contributed by atoms with Gasteiger partial charge in [0.15, 0.2) is 0 Å². The molecule has 42 heavy (non-hydrogen) atoms. The molecule has 3 unspecified atom stereocenters. The van der Waals surface area contributed by atoms with E-state index in [1.54, 1.807) is 11.1 Å². The van der Waals surface area contributed by atoms with E-state index in [4.69, 9.17) is 9.53 Å². The van der Waals surface area contributed by atoms with Gasteiger partial charge in [0.05, 0.1) is 6.10 Å². The average Bonchev–Trinajstić information content (AvgIpc) is 2.90. The molecule has 3 aliphatic carbocycles. The molecule has 0 aromatic heterocycles. The van der Waals surface area contributed by atoms with Crippen molar-refractivity contribution in [2.75, 3.05) is 13.2 Å². The molecule has 1 radical (unpaired) electrons. The Morgan fingerprint density at radius 2 is 1.64 bits per heavy atom. The van der Waals surface area contributed by atoms with Crippen molar-refractivity contribution in [3.63, 3.8) is 0 Å². The van der Waals surface area contributed by atoms with Crippen molar-refractivity contribution in [2.24, 2.45) is 28.6 Å². The highest BCUT2D eigenvalue weighted by molar-refractivity contribution is 6.56. The minimum absolute atomic E-state index is 0.198. The first-order valence-corrected chi connectivity index (χ1v) is 19.3. The lowest BCUT2D eigenvalue weighted by Crippen LogP contribution is -2.58. The van der Waals surface area contributed by atoms with Crippen LogP contribution in [0.4, 0.5) is 0 Å². The Morgan fingerprint density at radius 3 is 2.26 bits per heavy atom. The fourth-order valence-electron chi connectivity index (χ4n) is 9.64. The number of rotatable bonds is 15. The number of amides is 1. The Hall–Kier alpha value is -0.653. The van der Waals surface area contributed by atoms with Crippen LogP contribution in [0.3, 0.4) is 0 Å². The number of allylic oxidation sites excluding steroid dienone is 2. The highest BCUT2D eigenvalue weighted by atomic mass is 28.3. The Labute approximate surface area is 262 Å². The van der Waals surface area contributed by atoms with Crippen molar-refractivity contribution in [2.45, 2.75) is 175 Å². The predicted molar refractivity (Wildman–Crippen MR) is 180 cm³/mol. The quantitative estimate of drug-likeness (QED) is 0.111. The molecule has 243 valence electrons. The molecule has 0 heterocycles. The van der Waals surface area contributed by atoms with Gasteiger partial charge in [0.2, 0.25) is 14.9 Å². The van der Waals surface area contributed by atoms with E-state index in [1.807, 2.05) is 0 Å². The molecule has 1 amide bonds. The monoisotopic (exact) mass is 602 g/mol. The zero-order valence-corrected chi connectivity index (χ0v) is 30.2. The number of fused-ring (bicyclic) bond motifs is 3. The summed E-state index contributed by atoms with van der Waals surface area (Å²) in [5.41, 5.74) is 4.40. The first-order valence-electron chi connectivity index (χ1n) is 17.8. The molecule has 2 saturated carbocycles. The first kappa shape index (κ1) is 35.8. The van der Waals surface area contributed by atoms with Crippen LogP contribution in [0.25, 0.3) is 0 Å². The summed E-state index contributed by atoms with van der Waals surface area (Å²) in [6.07, 6.45) is 17.6. The summed E-state index contributed by atoms with van der Waals surface area (Å²) in [4.78, 5) is 12.8. The summed E-state index contributed by atoms with van der Waals surface area (Å²) in [7, 11) is -0.926. The largest absolute Gasteiger partial charge is 0.412 e. The molecule has 3 aliphatic rings. The summed E-state index contributed by atoms with van der Waals surface area (Å²) in [5.74, 6) is 2.35. The lowest BCUT2D eigenvalue weighted by molar-refractivity contribution is -0.144. The zero-order valence-electron chi connectivity index (χ0n) is 29.2. The average molecular weight is 603 g/mol. The van der Waals surface area contributed by atoms with Crippen molar-refractivity contribution in [3.05, 3.63) is 11.1 Å². The van der Waals surface area contributed by atoms with Crippen molar-refractivity contribution >= 4 is 14.9 Å². The molecule has 0 spiro atoms. The molecule has 2 fully saturated rings. The Kier molecular flexibility index (Phi) is 13.3. The smallest absolute Gasteiger partial charge is 0.220 e. The third-order valence-electron chi connectivity index (χ3n) is 11.7. The molecule has 2 N–H and O–H groups in total. The summed E-state index contributed by atoms with van der Waals surface area (Å²) >= 11 is 0. The summed E-state index contributed by atoms with van der Waals surface area (Å²) in [6.45, 7) is 23.1. The van der Waals surface area contributed by atoms with Gasteiger partial charge in [-0.25, -0.2) is 0 Å². The fourth-order valence-corrected chi connectivity index (χ4v) is 12.7. The van der Waals surface area contributed by atoms with E-state index in [2.05, 4.69) is 67.6 Å². The minimum atomic E-state index is -0.926. The first-order chi connectivity index (χ1) is 19.7. The van der Waals surface area contributed by atoms with Gasteiger partial charge in [0.1, 0.15) is 0 Å². The van der Waals surface area contributed by atoms with Crippen LogP contribution in [-0.2, 0) is 9.22 Å². The topological polar surface area (TPSA) is 58.6 Å². The van der Waals surface area contributed by atoms with Gasteiger partial charge in [-0.2, -0.15) is 0 Å². The minimum Gasteiger partial charge on any atom is -0.412 e. The lowest BCUT2D eigenvalue weighted by atomic mass is 9.43. The highest BCUT2D eigenvalue weighted by Gasteiger charge is 2.59. The van der Waals surface area contributed by atoms with Crippen molar-refractivity contribution in [3.8, 4) is 0 Å². The zero-order chi connectivity index (χ0) is 31.1. The third-order valence-corrected chi connectivity index (χ3v) is 14.8. The van der Waals surface area contributed by atoms with E-state index in [1.165, 1.54) is 64.2 Å². The molecule has 0 aromatic rings. The van der Waals surface area contributed by atoms with Crippen LogP contribution >= 0.6 is 0 Å². The van der Waals surface area contributed by atoms with E-state index in [0.29, 0.717) is 41.9 Å². The summed E-state index contributed by atoms with van der Waals surface area (Å²) < 4.78 is 7.18. The van der Waals surface area contributed by atoms with Crippen molar-refractivity contribution in [1.29, 1.82) is 0 Å². The maximum absolute atomic E-state index is 12.8. The van der Waals surface area contributed by atoms with E-state index in [0.717, 1.165) is 38.1 Å². The van der Waals surface area contributed by atoms with Gasteiger partial charge < -0.3 is 14.8 Å². The second-order valence-corrected chi connectivity index (χ2v) is 20.1. The third kappa shape index (κ3) is 8.74. The SMILES string of the molecule is CC1=C(CCC(=O)NCCCCCCCCCO)C2CCC3C(C)(C)C(O[Si](C(C)C)C(C)(C)C)CC[C@]3(C)[C@H]2CC1.